The van der Waals surface area contributed by atoms with E-state index in [9.17, 15) is 0 Å². The van der Waals surface area contributed by atoms with E-state index in [4.69, 9.17) is 0 Å². The van der Waals surface area contributed by atoms with Crippen LogP contribution in [-0.4, -0.2) is 5.71 Å². The predicted molar refractivity (Wildman–Crippen MR) is 52.3 cm³/mol. The van der Waals surface area contributed by atoms with Gasteiger partial charge in [-0.25, -0.2) is 0 Å². The molecule has 1 aromatic carbocycles. The zero-order chi connectivity index (χ0) is 8.55. The molecule has 1 heterocycles. The van der Waals surface area contributed by atoms with E-state index < -0.39 is 0 Å². The summed E-state index contributed by atoms with van der Waals surface area (Å²) in [4.78, 5) is 4.52. The van der Waals surface area contributed by atoms with Crippen LogP contribution in [-0.2, 0) is 6.42 Å². The molecule has 1 aliphatic rings. The van der Waals surface area contributed by atoms with Gasteiger partial charge in [0, 0.05) is 5.71 Å². The van der Waals surface area contributed by atoms with Gasteiger partial charge in [0.15, 0.2) is 0 Å². The molecule has 0 bridgehead atoms. The van der Waals surface area contributed by atoms with Crippen LogP contribution in [0.2, 0.25) is 0 Å². The maximum atomic E-state index is 4.52. The lowest BCUT2D eigenvalue weighted by Crippen LogP contribution is -2.01. The summed E-state index contributed by atoms with van der Waals surface area (Å²) < 4.78 is 0. The fourth-order valence-electron chi connectivity index (χ4n) is 1.57. The molecule has 0 atom stereocenters. The normalized spacial score (nSPS) is 15.3. The van der Waals surface area contributed by atoms with Crippen molar-refractivity contribution in [1.82, 2.24) is 0 Å². The minimum Gasteiger partial charge on any atom is -0.258 e. The van der Waals surface area contributed by atoms with Crippen LogP contribution in [0.15, 0.2) is 23.2 Å². The van der Waals surface area contributed by atoms with E-state index in [2.05, 4.69) is 37.0 Å². The minimum atomic E-state index is 1.12. The van der Waals surface area contributed by atoms with E-state index in [-0.39, 0.29) is 0 Å². The maximum Gasteiger partial charge on any atom is 0.0663 e. The Hall–Kier alpha value is -1.11. The first-order valence-corrected chi connectivity index (χ1v) is 4.39. The fourth-order valence-corrected chi connectivity index (χ4v) is 1.57. The zero-order valence-corrected chi connectivity index (χ0v) is 7.59. The molecule has 0 amide bonds. The Morgan fingerprint density at radius 2 is 2.00 bits per heavy atom. The lowest BCUT2D eigenvalue weighted by atomic mass is 10.0. The van der Waals surface area contributed by atoms with Crippen molar-refractivity contribution in [1.29, 1.82) is 0 Å². The van der Waals surface area contributed by atoms with E-state index in [0.717, 1.165) is 12.8 Å². The molecule has 0 aliphatic carbocycles. The van der Waals surface area contributed by atoms with Crippen LogP contribution in [0.3, 0.4) is 0 Å². The van der Waals surface area contributed by atoms with Crippen LogP contribution < -0.4 is 0 Å². The number of nitrogens with zero attached hydrogens (tertiary/aromatic N) is 1. The minimum absolute atomic E-state index is 1.12. The van der Waals surface area contributed by atoms with Gasteiger partial charge in [-0.1, -0.05) is 12.1 Å². The Bertz CT molecular complexity index is 337. The van der Waals surface area contributed by atoms with Crippen LogP contribution in [0.4, 0.5) is 5.69 Å². The van der Waals surface area contributed by atoms with Crippen molar-refractivity contribution in [2.75, 3.05) is 0 Å². The first-order chi connectivity index (χ1) is 5.75. The molecule has 0 radical (unpaired) electrons. The van der Waals surface area contributed by atoms with E-state index in [1.54, 1.807) is 0 Å². The van der Waals surface area contributed by atoms with Crippen molar-refractivity contribution in [2.45, 2.75) is 26.7 Å². The highest BCUT2D eigenvalue weighted by Gasteiger charge is 2.07. The molecule has 0 aromatic heterocycles. The molecule has 0 spiro atoms. The topological polar surface area (TPSA) is 12.4 Å². The predicted octanol–water partition coefficient (Wildman–Crippen LogP) is 3.03. The average molecular weight is 159 g/mol. The summed E-state index contributed by atoms with van der Waals surface area (Å²) in [5, 5.41) is 0. The van der Waals surface area contributed by atoms with Gasteiger partial charge in [0.1, 0.15) is 0 Å². The summed E-state index contributed by atoms with van der Waals surface area (Å²) in [6.45, 7) is 4.21. The molecule has 1 nitrogen and oxygen atoms in total. The van der Waals surface area contributed by atoms with Crippen molar-refractivity contribution in [3.8, 4) is 0 Å². The smallest absolute Gasteiger partial charge is 0.0663 e. The number of hydrogen-bond donors (Lipinski definition) is 0. The molecule has 62 valence electrons. The van der Waals surface area contributed by atoms with Crippen LogP contribution in [0.1, 0.15) is 24.5 Å². The Morgan fingerprint density at radius 1 is 1.17 bits per heavy atom. The lowest BCUT2D eigenvalue weighted by molar-refractivity contribution is 1.000. The molecule has 1 aliphatic heterocycles. The van der Waals surface area contributed by atoms with Crippen molar-refractivity contribution < 1.29 is 0 Å². The summed E-state index contributed by atoms with van der Waals surface area (Å²) in [6.07, 6.45) is 2.28. The Kier molecular flexibility index (Phi) is 1.72. The molecule has 0 saturated carbocycles. The van der Waals surface area contributed by atoms with Crippen molar-refractivity contribution in [2.24, 2.45) is 4.99 Å². The van der Waals surface area contributed by atoms with Gasteiger partial charge in [0.25, 0.3) is 0 Å². The molecule has 1 heteroatoms. The van der Waals surface area contributed by atoms with Gasteiger partial charge >= 0.3 is 0 Å². The second-order valence-corrected chi connectivity index (χ2v) is 3.48. The summed E-state index contributed by atoms with van der Waals surface area (Å²) in [7, 11) is 0. The quantitative estimate of drug-likeness (QED) is 0.551. The van der Waals surface area contributed by atoms with Gasteiger partial charge < -0.3 is 0 Å². The number of benzene rings is 1. The standard InChI is InChI=1S/C11H13N/c1-8-3-5-10-6-4-9(2)12-11(10)7-8/h3,5,7H,4,6H2,1-2H3. The van der Waals surface area contributed by atoms with Gasteiger partial charge in [-0.05, 0) is 43.9 Å². The second-order valence-electron chi connectivity index (χ2n) is 3.48. The molecule has 12 heavy (non-hydrogen) atoms. The molecule has 0 unspecified atom stereocenters. The third kappa shape index (κ3) is 1.27. The highest BCUT2D eigenvalue weighted by atomic mass is 14.8. The number of hydrogen-bond acceptors (Lipinski definition) is 1. The van der Waals surface area contributed by atoms with Crippen LogP contribution >= 0.6 is 0 Å². The summed E-state index contributed by atoms with van der Waals surface area (Å²) in [6, 6.07) is 6.52. The van der Waals surface area contributed by atoms with Crippen molar-refractivity contribution in [3.63, 3.8) is 0 Å². The third-order valence-corrected chi connectivity index (χ3v) is 2.31. The monoisotopic (exact) mass is 159 g/mol. The number of aryl methyl sites for hydroxylation is 2. The Labute approximate surface area is 73.1 Å². The molecule has 1 aromatic rings. The van der Waals surface area contributed by atoms with Gasteiger partial charge in [-0.2, -0.15) is 0 Å². The lowest BCUT2D eigenvalue weighted by Gasteiger charge is -2.12. The van der Waals surface area contributed by atoms with Crippen molar-refractivity contribution >= 4 is 11.4 Å². The third-order valence-electron chi connectivity index (χ3n) is 2.31. The molecular formula is C11H13N. The average Bonchev–Trinajstić information content (AvgIpc) is 2.03. The largest absolute Gasteiger partial charge is 0.258 e. The zero-order valence-electron chi connectivity index (χ0n) is 7.59. The van der Waals surface area contributed by atoms with E-state index >= 15 is 0 Å². The Balaban J connectivity index is 2.53. The SMILES string of the molecule is CC1=Nc2cc(C)ccc2CC1. The molecule has 0 saturated heterocycles. The van der Waals surface area contributed by atoms with Gasteiger partial charge in [0.05, 0.1) is 5.69 Å². The summed E-state index contributed by atoms with van der Waals surface area (Å²) in [5.74, 6) is 0. The number of aliphatic imine (C=N–C) groups is 1. The molecule has 0 N–H and O–H groups in total. The first kappa shape index (κ1) is 7.53. The number of fused-ring (bicyclic) bond motifs is 1. The molecular weight excluding hydrogens is 146 g/mol. The van der Waals surface area contributed by atoms with E-state index in [1.165, 1.54) is 22.5 Å². The van der Waals surface area contributed by atoms with Crippen molar-refractivity contribution in [3.05, 3.63) is 29.3 Å². The highest BCUT2D eigenvalue weighted by molar-refractivity contribution is 5.87. The summed E-state index contributed by atoms with van der Waals surface area (Å²) in [5.41, 5.74) is 5.13. The fraction of sp³-hybridized carbons (Fsp3) is 0.364. The van der Waals surface area contributed by atoms with E-state index in [0.29, 0.717) is 0 Å². The first-order valence-electron chi connectivity index (χ1n) is 4.39. The number of rotatable bonds is 0. The Morgan fingerprint density at radius 3 is 2.83 bits per heavy atom. The summed E-state index contributed by atoms with van der Waals surface area (Å²) >= 11 is 0. The molecule has 2 rings (SSSR count). The van der Waals surface area contributed by atoms with E-state index in [1.807, 2.05) is 0 Å². The van der Waals surface area contributed by atoms with Crippen LogP contribution in [0, 0.1) is 6.92 Å². The van der Waals surface area contributed by atoms with Crippen LogP contribution in [0.25, 0.3) is 0 Å². The highest BCUT2D eigenvalue weighted by Crippen LogP contribution is 2.26. The van der Waals surface area contributed by atoms with Crippen LogP contribution in [0.5, 0.6) is 0 Å². The van der Waals surface area contributed by atoms with Gasteiger partial charge in [0.2, 0.25) is 0 Å². The van der Waals surface area contributed by atoms with Gasteiger partial charge in [-0.3, -0.25) is 4.99 Å². The maximum absolute atomic E-state index is 4.52. The van der Waals surface area contributed by atoms with Gasteiger partial charge in [-0.15, -0.1) is 0 Å². The second kappa shape index (κ2) is 2.74. The molecule has 0 fully saturated rings.